The van der Waals surface area contributed by atoms with Crippen molar-refractivity contribution in [2.45, 2.75) is 71.5 Å². The van der Waals surface area contributed by atoms with Gasteiger partial charge in [0.2, 0.25) is 0 Å². The predicted octanol–water partition coefficient (Wildman–Crippen LogP) is 0.964. The van der Waals surface area contributed by atoms with Crippen molar-refractivity contribution in [3.8, 4) is 0 Å². The Hall–Kier alpha value is 1.17. The fourth-order valence-corrected chi connectivity index (χ4v) is 1.42. The summed E-state index contributed by atoms with van der Waals surface area (Å²) in [5.74, 6) is 0. The van der Waals surface area contributed by atoms with Gasteiger partial charge in [0.1, 0.15) is 0 Å². The summed E-state index contributed by atoms with van der Waals surface area (Å²) in [6, 6.07) is 0. The SMILES string of the molecule is [Br-].[CH2-]CCCCC(OCCCC)OCCCC.[Mg+2]. The van der Waals surface area contributed by atoms with E-state index < -0.39 is 0 Å². The molecule has 106 valence electrons. The molecule has 0 aliphatic rings. The van der Waals surface area contributed by atoms with Crippen molar-refractivity contribution in [2.75, 3.05) is 13.2 Å². The third-order valence-corrected chi connectivity index (χ3v) is 2.54. The minimum Gasteiger partial charge on any atom is -1.00 e. The van der Waals surface area contributed by atoms with Crippen molar-refractivity contribution < 1.29 is 26.5 Å². The number of ether oxygens (including phenoxy) is 2. The van der Waals surface area contributed by atoms with Crippen LogP contribution >= 0.6 is 0 Å². The van der Waals surface area contributed by atoms with Crippen LogP contribution in [0, 0.1) is 6.92 Å². The van der Waals surface area contributed by atoms with Crippen LogP contribution in [0.5, 0.6) is 0 Å². The second kappa shape index (κ2) is 20.5. The summed E-state index contributed by atoms with van der Waals surface area (Å²) in [5, 5.41) is 0. The van der Waals surface area contributed by atoms with Gasteiger partial charge < -0.3 is 33.4 Å². The van der Waals surface area contributed by atoms with Crippen molar-refractivity contribution in [1.29, 1.82) is 0 Å². The summed E-state index contributed by atoms with van der Waals surface area (Å²) in [6.45, 7) is 9.87. The molecule has 18 heavy (non-hydrogen) atoms. The summed E-state index contributed by atoms with van der Waals surface area (Å²) < 4.78 is 11.5. The number of halogens is 1. The van der Waals surface area contributed by atoms with E-state index in [-0.39, 0.29) is 46.3 Å². The quantitative estimate of drug-likeness (QED) is 0.229. The van der Waals surface area contributed by atoms with Crippen LogP contribution in [0.4, 0.5) is 0 Å². The molecule has 0 saturated carbocycles. The average Bonchev–Trinajstić information content (AvgIpc) is 2.29. The number of unbranched alkanes of at least 4 members (excludes halogenated alkanes) is 4. The molecular weight excluding hydrogens is 304 g/mol. The molecule has 2 nitrogen and oxygen atoms in total. The fraction of sp³-hybridized carbons (Fsp3) is 0.929. The molecule has 0 radical (unpaired) electrons. The molecule has 0 aliphatic heterocycles. The first kappa shape index (κ1) is 24.2. The maximum atomic E-state index is 5.73. The maximum absolute atomic E-state index is 5.73. The van der Waals surface area contributed by atoms with Crippen LogP contribution in [0.3, 0.4) is 0 Å². The van der Waals surface area contributed by atoms with E-state index in [4.69, 9.17) is 9.47 Å². The van der Waals surface area contributed by atoms with Gasteiger partial charge in [0.15, 0.2) is 6.29 Å². The Morgan fingerprint density at radius 2 is 1.39 bits per heavy atom. The van der Waals surface area contributed by atoms with Crippen LogP contribution in [-0.4, -0.2) is 42.6 Å². The van der Waals surface area contributed by atoms with E-state index in [0.29, 0.717) is 0 Å². The smallest absolute Gasteiger partial charge is 1.00 e. The van der Waals surface area contributed by atoms with Gasteiger partial charge in [0.25, 0.3) is 0 Å². The Bertz CT molecular complexity index is 113. The summed E-state index contributed by atoms with van der Waals surface area (Å²) in [6.07, 6.45) is 8.99. The van der Waals surface area contributed by atoms with Crippen LogP contribution in [0.1, 0.15) is 65.2 Å². The molecule has 0 heterocycles. The van der Waals surface area contributed by atoms with Gasteiger partial charge >= 0.3 is 23.1 Å². The van der Waals surface area contributed by atoms with E-state index in [0.717, 1.165) is 45.3 Å². The van der Waals surface area contributed by atoms with Crippen molar-refractivity contribution in [2.24, 2.45) is 0 Å². The number of rotatable bonds is 12. The molecule has 0 atom stereocenters. The van der Waals surface area contributed by atoms with Gasteiger partial charge in [-0.3, -0.25) is 0 Å². The molecule has 0 unspecified atom stereocenters. The minimum atomic E-state index is 0. The van der Waals surface area contributed by atoms with Crippen LogP contribution in [0.25, 0.3) is 0 Å². The summed E-state index contributed by atoms with van der Waals surface area (Å²) in [5.41, 5.74) is 0. The Morgan fingerprint density at radius 1 is 0.889 bits per heavy atom. The molecule has 0 fully saturated rings. The van der Waals surface area contributed by atoms with Gasteiger partial charge in [-0.1, -0.05) is 39.5 Å². The summed E-state index contributed by atoms with van der Waals surface area (Å²) in [7, 11) is 0. The predicted molar refractivity (Wildman–Crippen MR) is 75.1 cm³/mol. The monoisotopic (exact) mass is 332 g/mol. The molecule has 0 aromatic rings. The molecule has 0 rings (SSSR count). The van der Waals surface area contributed by atoms with E-state index in [1.807, 2.05) is 0 Å². The second-order valence-electron chi connectivity index (χ2n) is 4.23. The normalized spacial score (nSPS) is 10.0. The van der Waals surface area contributed by atoms with Crippen molar-refractivity contribution in [1.82, 2.24) is 0 Å². The third-order valence-electron chi connectivity index (χ3n) is 2.54. The number of hydrogen-bond donors (Lipinski definition) is 0. The summed E-state index contributed by atoms with van der Waals surface area (Å²) >= 11 is 0. The van der Waals surface area contributed by atoms with E-state index in [1.54, 1.807) is 0 Å². The zero-order valence-corrected chi connectivity index (χ0v) is 15.3. The maximum Gasteiger partial charge on any atom is 2.00 e. The largest absolute Gasteiger partial charge is 2.00 e. The Balaban J connectivity index is -0.00000112. The van der Waals surface area contributed by atoms with E-state index in [1.165, 1.54) is 19.3 Å². The zero-order chi connectivity index (χ0) is 12.1. The average molecular weight is 334 g/mol. The van der Waals surface area contributed by atoms with Gasteiger partial charge in [0.05, 0.1) is 0 Å². The topological polar surface area (TPSA) is 18.5 Å². The van der Waals surface area contributed by atoms with Crippen LogP contribution < -0.4 is 17.0 Å². The molecule has 0 bridgehead atoms. The molecule has 4 heteroatoms. The molecule has 0 saturated heterocycles. The van der Waals surface area contributed by atoms with E-state index >= 15 is 0 Å². The first-order valence-corrected chi connectivity index (χ1v) is 6.87. The third kappa shape index (κ3) is 17.2. The first-order chi connectivity index (χ1) is 7.85. The van der Waals surface area contributed by atoms with Crippen molar-refractivity contribution in [3.05, 3.63) is 6.92 Å². The van der Waals surface area contributed by atoms with Crippen LogP contribution in [0.15, 0.2) is 0 Å². The molecular formula is C14H29BrMgO2. The van der Waals surface area contributed by atoms with E-state index in [9.17, 15) is 0 Å². The van der Waals surface area contributed by atoms with Gasteiger partial charge in [-0.2, -0.15) is 6.42 Å². The summed E-state index contributed by atoms with van der Waals surface area (Å²) in [4.78, 5) is 0. The molecule has 0 aromatic carbocycles. The Kier molecular flexibility index (Phi) is 27.5. The molecule has 0 N–H and O–H groups in total. The number of hydrogen-bond acceptors (Lipinski definition) is 2. The fourth-order valence-electron chi connectivity index (χ4n) is 1.42. The minimum absolute atomic E-state index is 0. The van der Waals surface area contributed by atoms with Crippen LogP contribution in [-0.2, 0) is 9.47 Å². The van der Waals surface area contributed by atoms with Gasteiger partial charge in [0, 0.05) is 13.2 Å². The molecule has 0 amide bonds. The molecule has 0 aromatic heterocycles. The Morgan fingerprint density at radius 3 is 1.78 bits per heavy atom. The second-order valence-corrected chi connectivity index (χ2v) is 4.23. The van der Waals surface area contributed by atoms with Crippen molar-refractivity contribution in [3.63, 3.8) is 0 Å². The van der Waals surface area contributed by atoms with Crippen LogP contribution in [0.2, 0.25) is 0 Å². The standard InChI is InChI=1S/C14H29O2.BrH.Mg/c1-4-7-10-11-14(15-12-8-5-2)16-13-9-6-3;;/h14H,1,4-13H2,2-3H3;1H;/q-1;;+2/p-1. The first-order valence-electron chi connectivity index (χ1n) is 6.87. The van der Waals surface area contributed by atoms with E-state index in [2.05, 4.69) is 20.8 Å². The zero-order valence-electron chi connectivity index (χ0n) is 12.3. The Labute approximate surface area is 140 Å². The van der Waals surface area contributed by atoms with Gasteiger partial charge in [-0.05, 0) is 19.3 Å². The molecule has 0 aliphatic carbocycles. The van der Waals surface area contributed by atoms with Crippen molar-refractivity contribution >= 4 is 23.1 Å². The molecule has 0 spiro atoms. The van der Waals surface area contributed by atoms with Gasteiger partial charge in [-0.15, -0.1) is 0 Å². The van der Waals surface area contributed by atoms with Gasteiger partial charge in [-0.25, -0.2) is 0 Å².